The molecule has 1 heterocycles. The molecule has 3 rings (SSSR count). The number of alkyl halides is 1. The molecule has 0 radical (unpaired) electrons. The molecular weight excluding hydrogens is 280 g/mol. The first-order chi connectivity index (χ1) is 9.32. The average molecular weight is 301 g/mol. The lowest BCUT2D eigenvalue weighted by atomic mass is 9.58. The molecule has 0 spiro atoms. The van der Waals surface area contributed by atoms with Crippen LogP contribution < -0.4 is 0 Å². The summed E-state index contributed by atoms with van der Waals surface area (Å²) in [6.07, 6.45) is 3.64. The van der Waals surface area contributed by atoms with Crippen molar-refractivity contribution in [1.29, 1.82) is 0 Å². The molecule has 2 N–H and O–H groups in total. The van der Waals surface area contributed by atoms with Crippen LogP contribution in [0.4, 0.5) is 0 Å². The first kappa shape index (κ1) is 14.4. The average Bonchev–Trinajstić information content (AvgIpc) is 2.65. The molecule has 5 heteroatoms. The number of halogens is 1. The van der Waals surface area contributed by atoms with E-state index in [0.29, 0.717) is 6.42 Å². The lowest BCUT2D eigenvalue weighted by Crippen LogP contribution is -2.48. The maximum atomic E-state index is 11.9. The molecule has 2 fully saturated rings. The number of aliphatic hydroxyl groups excluding tert-OH is 1. The first-order valence-electron chi connectivity index (χ1n) is 7.21. The zero-order valence-electron chi connectivity index (χ0n) is 11.8. The van der Waals surface area contributed by atoms with Gasteiger partial charge in [0.25, 0.3) is 0 Å². The summed E-state index contributed by atoms with van der Waals surface area (Å²) in [5.74, 6) is -1.13. The monoisotopic (exact) mass is 300 g/mol. The number of hydrogen-bond donors (Lipinski definition) is 2. The first-order valence-corrected chi connectivity index (χ1v) is 7.75. The minimum atomic E-state index is -1.62. The molecule has 2 aliphatic carbocycles. The molecule has 0 amide bonds. The fourth-order valence-electron chi connectivity index (χ4n) is 4.14. The standard InChI is InChI=1S/C15H21ClO4/c1-8-9-5-10-12(20-13(18)15(10,19)7-16)6-14(9,2)4-3-11(8)17/h5,8,10-12,17,19H,3-4,6-7H2,1-2H3/t8-,10+,11+,12-,14-,15-/m1/s1. The van der Waals surface area contributed by atoms with Crippen LogP contribution in [0.3, 0.4) is 0 Å². The number of aliphatic hydroxyl groups is 2. The molecule has 1 aliphatic heterocycles. The molecule has 20 heavy (non-hydrogen) atoms. The van der Waals surface area contributed by atoms with Crippen molar-refractivity contribution in [3.8, 4) is 0 Å². The van der Waals surface area contributed by atoms with E-state index in [1.54, 1.807) is 0 Å². The van der Waals surface area contributed by atoms with E-state index in [1.165, 1.54) is 0 Å². The molecule has 0 aromatic heterocycles. The zero-order valence-corrected chi connectivity index (χ0v) is 12.6. The van der Waals surface area contributed by atoms with Crippen molar-refractivity contribution in [2.24, 2.45) is 17.3 Å². The van der Waals surface area contributed by atoms with Crippen molar-refractivity contribution in [2.45, 2.75) is 50.9 Å². The molecule has 1 saturated heterocycles. The Hall–Kier alpha value is -0.580. The van der Waals surface area contributed by atoms with Gasteiger partial charge in [-0.1, -0.05) is 25.5 Å². The second-order valence-electron chi connectivity index (χ2n) is 6.81. The van der Waals surface area contributed by atoms with Gasteiger partial charge in [0.2, 0.25) is 0 Å². The molecule has 0 aromatic rings. The van der Waals surface area contributed by atoms with Crippen LogP contribution in [0.25, 0.3) is 0 Å². The highest BCUT2D eigenvalue weighted by Gasteiger charge is 2.59. The van der Waals surface area contributed by atoms with Crippen LogP contribution in [0, 0.1) is 17.3 Å². The summed E-state index contributed by atoms with van der Waals surface area (Å²) in [5, 5.41) is 20.6. The van der Waals surface area contributed by atoms with Gasteiger partial charge < -0.3 is 14.9 Å². The SMILES string of the molecule is C[C@@H]1C2=C[C@H]3[C@@H](C[C@@]2(C)CC[C@@H]1O)OC(=O)[C@@]3(O)CCl. The number of carbonyl (C=O) groups excluding carboxylic acids is 1. The third kappa shape index (κ3) is 1.78. The normalized spacial score (nSPS) is 51.0. The predicted octanol–water partition coefficient (Wildman–Crippen LogP) is 1.63. The highest BCUT2D eigenvalue weighted by Crippen LogP contribution is 2.54. The fraction of sp³-hybridized carbons (Fsp3) is 0.800. The minimum absolute atomic E-state index is 0.0463. The van der Waals surface area contributed by atoms with E-state index in [4.69, 9.17) is 16.3 Å². The third-order valence-corrected chi connectivity index (χ3v) is 5.94. The van der Waals surface area contributed by atoms with E-state index in [0.717, 1.165) is 18.4 Å². The van der Waals surface area contributed by atoms with Crippen LogP contribution in [0.1, 0.15) is 33.1 Å². The Kier molecular flexibility index (Phi) is 3.20. The van der Waals surface area contributed by atoms with E-state index >= 15 is 0 Å². The summed E-state index contributed by atoms with van der Waals surface area (Å²) in [6.45, 7) is 4.16. The van der Waals surface area contributed by atoms with Crippen LogP contribution in [0.5, 0.6) is 0 Å². The smallest absolute Gasteiger partial charge is 0.340 e. The van der Waals surface area contributed by atoms with E-state index in [2.05, 4.69) is 6.92 Å². The highest BCUT2D eigenvalue weighted by atomic mass is 35.5. The number of rotatable bonds is 1. The quantitative estimate of drug-likeness (QED) is 0.439. The third-order valence-electron chi connectivity index (χ3n) is 5.53. The lowest BCUT2D eigenvalue weighted by Gasteiger charge is -2.47. The Morgan fingerprint density at radius 2 is 2.25 bits per heavy atom. The van der Waals surface area contributed by atoms with Gasteiger partial charge in [-0.25, -0.2) is 4.79 Å². The van der Waals surface area contributed by atoms with Gasteiger partial charge in [-0.2, -0.15) is 0 Å². The summed E-state index contributed by atoms with van der Waals surface area (Å²) >= 11 is 5.81. The summed E-state index contributed by atoms with van der Waals surface area (Å²) in [7, 11) is 0. The van der Waals surface area contributed by atoms with Crippen LogP contribution in [0.2, 0.25) is 0 Å². The van der Waals surface area contributed by atoms with Crippen LogP contribution in [-0.4, -0.2) is 39.9 Å². The van der Waals surface area contributed by atoms with Crippen molar-refractivity contribution in [2.75, 3.05) is 5.88 Å². The van der Waals surface area contributed by atoms with Crippen LogP contribution in [0.15, 0.2) is 11.6 Å². The Morgan fingerprint density at radius 1 is 1.55 bits per heavy atom. The summed E-state index contributed by atoms with van der Waals surface area (Å²) < 4.78 is 5.37. The van der Waals surface area contributed by atoms with Crippen molar-refractivity contribution in [3.05, 3.63) is 11.6 Å². The minimum Gasteiger partial charge on any atom is -0.459 e. The van der Waals surface area contributed by atoms with Gasteiger partial charge in [-0.05, 0) is 24.7 Å². The van der Waals surface area contributed by atoms with Crippen LogP contribution in [-0.2, 0) is 9.53 Å². The molecule has 6 atom stereocenters. The number of hydrogen-bond acceptors (Lipinski definition) is 4. The van der Waals surface area contributed by atoms with Crippen LogP contribution >= 0.6 is 11.6 Å². The van der Waals surface area contributed by atoms with Gasteiger partial charge in [0.1, 0.15) is 6.10 Å². The van der Waals surface area contributed by atoms with Crippen molar-refractivity contribution < 1.29 is 19.7 Å². The molecule has 0 unspecified atom stereocenters. The molecule has 112 valence electrons. The maximum Gasteiger partial charge on any atom is 0.340 e. The van der Waals surface area contributed by atoms with Crippen molar-refractivity contribution in [3.63, 3.8) is 0 Å². The Morgan fingerprint density at radius 3 is 2.90 bits per heavy atom. The second-order valence-corrected chi connectivity index (χ2v) is 7.08. The molecule has 4 nitrogen and oxygen atoms in total. The van der Waals surface area contributed by atoms with E-state index in [9.17, 15) is 15.0 Å². The second kappa shape index (κ2) is 4.46. The maximum absolute atomic E-state index is 11.9. The highest BCUT2D eigenvalue weighted by molar-refractivity contribution is 6.20. The Labute approximate surface area is 123 Å². The van der Waals surface area contributed by atoms with Gasteiger partial charge in [0, 0.05) is 5.92 Å². The van der Waals surface area contributed by atoms with E-state index < -0.39 is 17.5 Å². The molecule has 0 bridgehead atoms. The molecule has 3 aliphatic rings. The van der Waals surface area contributed by atoms with Gasteiger partial charge in [-0.15, -0.1) is 11.6 Å². The fourth-order valence-corrected chi connectivity index (χ4v) is 4.43. The number of esters is 1. The van der Waals surface area contributed by atoms with Crippen molar-refractivity contribution in [1.82, 2.24) is 0 Å². The van der Waals surface area contributed by atoms with E-state index in [1.807, 2.05) is 13.0 Å². The summed E-state index contributed by atoms with van der Waals surface area (Å²) in [4.78, 5) is 11.9. The summed E-state index contributed by atoms with van der Waals surface area (Å²) in [6, 6.07) is 0. The number of ether oxygens (including phenoxy) is 1. The topological polar surface area (TPSA) is 66.8 Å². The van der Waals surface area contributed by atoms with Gasteiger partial charge in [0.15, 0.2) is 5.60 Å². The number of carbonyl (C=O) groups is 1. The molecule has 1 saturated carbocycles. The van der Waals surface area contributed by atoms with Gasteiger partial charge in [0.05, 0.1) is 17.9 Å². The predicted molar refractivity (Wildman–Crippen MR) is 74.3 cm³/mol. The van der Waals surface area contributed by atoms with Crippen molar-refractivity contribution >= 4 is 17.6 Å². The Bertz CT molecular complexity index is 476. The van der Waals surface area contributed by atoms with Gasteiger partial charge in [-0.3, -0.25) is 0 Å². The lowest BCUT2D eigenvalue weighted by molar-refractivity contribution is -0.154. The summed E-state index contributed by atoms with van der Waals surface area (Å²) in [5.41, 5.74) is -0.542. The van der Waals surface area contributed by atoms with Gasteiger partial charge >= 0.3 is 5.97 Å². The number of fused-ring (bicyclic) bond motifs is 2. The molecule has 0 aromatic carbocycles. The van der Waals surface area contributed by atoms with E-state index in [-0.39, 0.29) is 29.4 Å². The molecular formula is C15H21ClO4. The largest absolute Gasteiger partial charge is 0.459 e. The zero-order chi connectivity index (χ0) is 14.7. The Balaban J connectivity index is 2.03.